The van der Waals surface area contributed by atoms with Gasteiger partial charge < -0.3 is 15.2 Å². The van der Waals surface area contributed by atoms with Gasteiger partial charge in [0.25, 0.3) is 5.91 Å². The van der Waals surface area contributed by atoms with E-state index in [0.717, 1.165) is 11.3 Å². The van der Waals surface area contributed by atoms with E-state index in [1.54, 1.807) is 25.1 Å². The van der Waals surface area contributed by atoms with Gasteiger partial charge in [0.1, 0.15) is 10.4 Å². The first-order valence-corrected chi connectivity index (χ1v) is 6.48. The van der Waals surface area contributed by atoms with E-state index in [-0.39, 0.29) is 16.3 Å². The highest BCUT2D eigenvalue weighted by molar-refractivity contribution is 7.18. The molecule has 2 N–H and O–H groups in total. The number of aromatic nitrogens is 1. The number of hydrogen-bond donors (Lipinski definition) is 2. The van der Waals surface area contributed by atoms with Gasteiger partial charge in [-0.2, -0.15) is 0 Å². The summed E-state index contributed by atoms with van der Waals surface area (Å²) < 4.78 is 5.01. The Kier molecular flexibility index (Phi) is 3.99. The van der Waals surface area contributed by atoms with E-state index in [2.05, 4.69) is 10.3 Å². The molecule has 2 aromatic heterocycles. The summed E-state index contributed by atoms with van der Waals surface area (Å²) >= 11 is 1.01. The van der Waals surface area contributed by atoms with Crippen LogP contribution in [0, 0.1) is 6.92 Å². The predicted molar refractivity (Wildman–Crippen MR) is 74.8 cm³/mol. The molecule has 0 aromatic carbocycles. The summed E-state index contributed by atoms with van der Waals surface area (Å²) in [5, 5.41) is 12.1. The van der Waals surface area contributed by atoms with Crippen molar-refractivity contribution in [3.63, 3.8) is 0 Å². The smallest absolute Gasteiger partial charge is 0.346 e. The summed E-state index contributed by atoms with van der Waals surface area (Å²) in [5.74, 6) is -1.18. The molecule has 20 heavy (non-hydrogen) atoms. The maximum atomic E-state index is 12.1. The van der Waals surface area contributed by atoms with Gasteiger partial charge in [-0.15, -0.1) is 11.3 Å². The second-order valence-electron chi connectivity index (χ2n) is 3.94. The Balaban J connectivity index is 2.24. The van der Waals surface area contributed by atoms with Crippen LogP contribution in [0.1, 0.15) is 25.6 Å². The maximum Gasteiger partial charge on any atom is 0.346 e. The second kappa shape index (κ2) is 5.70. The number of aryl methyl sites for hydroxylation is 1. The fourth-order valence-electron chi connectivity index (χ4n) is 1.66. The van der Waals surface area contributed by atoms with E-state index in [4.69, 9.17) is 9.84 Å². The first kappa shape index (κ1) is 14.0. The maximum absolute atomic E-state index is 12.1. The molecule has 0 spiro atoms. The Morgan fingerprint density at radius 2 is 2.20 bits per heavy atom. The van der Waals surface area contributed by atoms with Crippen LogP contribution in [0.3, 0.4) is 0 Å². The van der Waals surface area contributed by atoms with E-state index in [1.807, 2.05) is 0 Å². The number of rotatable bonds is 4. The van der Waals surface area contributed by atoms with Gasteiger partial charge in [-0.3, -0.25) is 4.79 Å². The Labute approximate surface area is 119 Å². The molecule has 1 amide bonds. The number of nitrogens with one attached hydrogen (secondary N) is 1. The van der Waals surface area contributed by atoms with Gasteiger partial charge in [0, 0.05) is 6.20 Å². The van der Waals surface area contributed by atoms with Crippen molar-refractivity contribution in [2.24, 2.45) is 0 Å². The Morgan fingerprint density at radius 1 is 1.45 bits per heavy atom. The highest BCUT2D eigenvalue weighted by atomic mass is 32.1. The molecule has 2 aromatic rings. The summed E-state index contributed by atoms with van der Waals surface area (Å²) in [7, 11) is 1.43. The quantitative estimate of drug-likeness (QED) is 0.903. The van der Waals surface area contributed by atoms with Crippen LogP contribution in [0.4, 0.5) is 5.00 Å². The molecule has 0 unspecified atom stereocenters. The average molecular weight is 292 g/mol. The van der Waals surface area contributed by atoms with Crippen molar-refractivity contribution in [3.8, 4) is 5.88 Å². The molecular formula is C13H12N2O4S. The highest BCUT2D eigenvalue weighted by Crippen LogP contribution is 2.27. The number of nitrogens with zero attached hydrogens (tertiary/aromatic N) is 1. The molecule has 0 fully saturated rings. The zero-order chi connectivity index (χ0) is 14.7. The molecule has 0 aliphatic heterocycles. The largest absolute Gasteiger partial charge is 0.480 e. The average Bonchev–Trinajstić information content (AvgIpc) is 2.79. The third-order valence-corrected chi connectivity index (χ3v) is 3.70. The number of anilines is 1. The molecule has 0 radical (unpaired) electrons. The zero-order valence-corrected chi connectivity index (χ0v) is 11.7. The number of hydrogen-bond acceptors (Lipinski definition) is 5. The van der Waals surface area contributed by atoms with Gasteiger partial charge in [0.15, 0.2) is 0 Å². The summed E-state index contributed by atoms with van der Waals surface area (Å²) in [6.45, 7) is 1.68. The van der Waals surface area contributed by atoms with Crippen molar-refractivity contribution in [1.82, 2.24) is 4.98 Å². The van der Waals surface area contributed by atoms with Crippen LogP contribution in [0.2, 0.25) is 0 Å². The lowest BCUT2D eigenvalue weighted by Gasteiger charge is -2.06. The predicted octanol–water partition coefficient (Wildman–Crippen LogP) is 2.41. The fourth-order valence-corrected chi connectivity index (χ4v) is 2.57. The van der Waals surface area contributed by atoms with Crippen molar-refractivity contribution >= 4 is 28.2 Å². The number of pyridine rings is 1. The summed E-state index contributed by atoms with van der Waals surface area (Å²) in [6, 6.07) is 4.83. The SMILES string of the molecule is COc1ncccc1C(=O)Nc1cc(C)c(C(=O)O)s1. The monoisotopic (exact) mass is 292 g/mol. The summed E-state index contributed by atoms with van der Waals surface area (Å²) in [4.78, 5) is 27.2. The Morgan fingerprint density at radius 3 is 2.80 bits per heavy atom. The van der Waals surface area contributed by atoms with E-state index < -0.39 is 11.9 Å². The third-order valence-electron chi connectivity index (χ3n) is 2.56. The number of methoxy groups -OCH3 is 1. The zero-order valence-electron chi connectivity index (χ0n) is 10.8. The Hall–Kier alpha value is -2.41. The molecule has 2 rings (SSSR count). The van der Waals surface area contributed by atoms with Crippen LogP contribution < -0.4 is 10.1 Å². The molecule has 2 heterocycles. The van der Waals surface area contributed by atoms with Gasteiger partial charge in [-0.25, -0.2) is 9.78 Å². The van der Waals surface area contributed by atoms with E-state index in [0.29, 0.717) is 10.6 Å². The second-order valence-corrected chi connectivity index (χ2v) is 4.99. The van der Waals surface area contributed by atoms with Crippen molar-refractivity contribution in [3.05, 3.63) is 40.4 Å². The lowest BCUT2D eigenvalue weighted by atomic mass is 10.2. The number of ether oxygens (including phenoxy) is 1. The topological polar surface area (TPSA) is 88.5 Å². The third kappa shape index (κ3) is 2.77. The van der Waals surface area contributed by atoms with Gasteiger partial charge in [0.2, 0.25) is 5.88 Å². The molecule has 104 valence electrons. The standard InChI is InChI=1S/C13H12N2O4S/c1-7-6-9(20-10(7)13(17)18)15-11(16)8-4-3-5-14-12(8)19-2/h3-6H,1-2H3,(H,15,16)(H,17,18). The minimum Gasteiger partial charge on any atom is -0.480 e. The van der Waals surface area contributed by atoms with Crippen LogP contribution in [0.25, 0.3) is 0 Å². The number of carbonyl (C=O) groups is 2. The molecular weight excluding hydrogens is 280 g/mol. The lowest BCUT2D eigenvalue weighted by molar-refractivity contribution is 0.0701. The van der Waals surface area contributed by atoms with Crippen LogP contribution in [0.15, 0.2) is 24.4 Å². The molecule has 0 saturated heterocycles. The van der Waals surface area contributed by atoms with E-state index >= 15 is 0 Å². The van der Waals surface area contributed by atoms with Gasteiger partial charge in [-0.1, -0.05) is 0 Å². The molecule has 0 atom stereocenters. The summed E-state index contributed by atoms with van der Waals surface area (Å²) in [5.41, 5.74) is 0.897. The van der Waals surface area contributed by atoms with Gasteiger partial charge >= 0.3 is 5.97 Å². The lowest BCUT2D eigenvalue weighted by Crippen LogP contribution is -2.12. The van der Waals surface area contributed by atoms with Crippen LogP contribution in [0.5, 0.6) is 5.88 Å². The normalized spacial score (nSPS) is 10.1. The first-order valence-electron chi connectivity index (χ1n) is 5.67. The van der Waals surface area contributed by atoms with Crippen LogP contribution in [-0.4, -0.2) is 29.1 Å². The Bertz CT molecular complexity index is 666. The number of aromatic carboxylic acids is 1. The van der Waals surface area contributed by atoms with E-state index in [9.17, 15) is 9.59 Å². The number of carboxylic acid groups (broad SMARTS) is 1. The van der Waals surface area contributed by atoms with Crippen molar-refractivity contribution in [1.29, 1.82) is 0 Å². The molecule has 0 saturated carbocycles. The van der Waals surface area contributed by atoms with Crippen LogP contribution in [-0.2, 0) is 0 Å². The minimum absolute atomic E-state index is 0.207. The van der Waals surface area contributed by atoms with Crippen LogP contribution >= 0.6 is 11.3 Å². The molecule has 0 aliphatic rings. The molecule has 6 nitrogen and oxygen atoms in total. The van der Waals surface area contributed by atoms with Crippen molar-refractivity contribution in [2.45, 2.75) is 6.92 Å². The molecule has 7 heteroatoms. The van der Waals surface area contributed by atoms with Gasteiger partial charge in [-0.05, 0) is 30.7 Å². The minimum atomic E-state index is -1.01. The number of amides is 1. The van der Waals surface area contributed by atoms with Crippen molar-refractivity contribution in [2.75, 3.05) is 12.4 Å². The molecule has 0 bridgehead atoms. The van der Waals surface area contributed by atoms with E-state index in [1.165, 1.54) is 13.3 Å². The van der Waals surface area contributed by atoms with Gasteiger partial charge in [0.05, 0.1) is 12.1 Å². The number of thiophene rings is 1. The summed E-state index contributed by atoms with van der Waals surface area (Å²) in [6.07, 6.45) is 1.52. The number of carbonyl (C=O) groups excluding carboxylic acids is 1. The molecule has 0 aliphatic carbocycles. The fraction of sp³-hybridized carbons (Fsp3) is 0.154. The van der Waals surface area contributed by atoms with Crippen molar-refractivity contribution < 1.29 is 19.4 Å². The first-order chi connectivity index (χ1) is 9.52. The highest BCUT2D eigenvalue weighted by Gasteiger charge is 2.17. The number of carboxylic acids is 1.